The van der Waals surface area contributed by atoms with Crippen LogP contribution in [0.4, 0.5) is 22.1 Å². The van der Waals surface area contributed by atoms with E-state index in [-0.39, 0.29) is 5.75 Å². The van der Waals surface area contributed by atoms with Gasteiger partial charge in [-0.3, -0.25) is 0 Å². The van der Waals surface area contributed by atoms with E-state index in [1.165, 1.54) is 30.3 Å². The summed E-state index contributed by atoms with van der Waals surface area (Å²) in [5.41, 5.74) is 0. The minimum absolute atomic E-state index is 0.247. The minimum atomic E-state index is -5.19. The van der Waals surface area contributed by atoms with Gasteiger partial charge in [0.1, 0.15) is 5.75 Å². The van der Waals surface area contributed by atoms with E-state index in [0.29, 0.717) is 0 Å². The van der Waals surface area contributed by atoms with Crippen molar-refractivity contribution in [1.29, 1.82) is 0 Å². The van der Waals surface area contributed by atoms with Crippen LogP contribution in [0.2, 0.25) is 0 Å². The Morgan fingerprint density at radius 3 is 2.11 bits per heavy atom. The fourth-order valence-corrected chi connectivity index (χ4v) is 1.80. The van der Waals surface area contributed by atoms with Crippen LogP contribution in [0, 0.1) is 0 Å². The lowest BCUT2D eigenvalue weighted by atomic mass is 10.3. The molecule has 3 atom stereocenters. The predicted octanol–water partition coefficient (Wildman–Crippen LogP) is 3.99. The summed E-state index contributed by atoms with van der Waals surface area (Å²) in [4.78, 5) is 0. The number of alkyl halides is 4. The molecule has 0 aliphatic carbocycles. The Kier molecular flexibility index (Phi) is 5.71. The quantitative estimate of drug-likeness (QED) is 0.564. The monoisotopic (exact) mass is 306 g/mol. The van der Waals surface area contributed by atoms with E-state index in [2.05, 4.69) is 13.8 Å². The Morgan fingerprint density at radius 2 is 1.63 bits per heavy atom. The molecular weight excluding hydrogens is 298 g/mol. The van der Waals surface area contributed by atoms with Crippen molar-refractivity contribution in [1.82, 2.24) is 0 Å². The summed E-state index contributed by atoms with van der Waals surface area (Å²) in [5, 5.41) is 0. The smallest absolute Gasteiger partial charge is 0.402 e. The van der Waals surface area contributed by atoms with Gasteiger partial charge in [-0.05, 0) is 16.7 Å². The molecule has 4 nitrogen and oxygen atoms in total. The molecule has 0 fully saturated rings. The molecule has 0 saturated carbocycles. The lowest BCUT2D eigenvalue weighted by Gasteiger charge is -2.18. The largest absolute Gasteiger partial charge is 0.564 e. The SMILES string of the molecule is O=P(OF)(Oc1ccccc1)OC(F)C(F)C(F)F. The van der Waals surface area contributed by atoms with E-state index in [4.69, 9.17) is 0 Å². The van der Waals surface area contributed by atoms with Crippen LogP contribution in [0.25, 0.3) is 0 Å². The molecule has 0 radical (unpaired) electrons. The molecule has 0 amide bonds. The molecule has 10 heteroatoms. The van der Waals surface area contributed by atoms with Crippen molar-refractivity contribution in [3.63, 3.8) is 0 Å². The van der Waals surface area contributed by atoms with Gasteiger partial charge in [-0.1, -0.05) is 22.9 Å². The molecule has 1 aromatic rings. The summed E-state index contributed by atoms with van der Waals surface area (Å²) >= 11 is 0. The first-order chi connectivity index (χ1) is 8.88. The first-order valence-electron chi connectivity index (χ1n) is 4.77. The maximum atomic E-state index is 12.9. The summed E-state index contributed by atoms with van der Waals surface area (Å²) in [6, 6.07) is 6.68. The molecule has 1 aromatic carbocycles. The molecule has 0 spiro atoms. The van der Waals surface area contributed by atoms with Crippen LogP contribution in [0.1, 0.15) is 0 Å². The van der Waals surface area contributed by atoms with Gasteiger partial charge in [-0.15, -0.1) is 0 Å². The molecule has 3 unspecified atom stereocenters. The summed E-state index contributed by atoms with van der Waals surface area (Å²) in [6.45, 7) is 0. The highest BCUT2D eigenvalue weighted by molar-refractivity contribution is 7.48. The number of rotatable bonds is 7. The maximum absolute atomic E-state index is 12.9. The fraction of sp³-hybridized carbons (Fsp3) is 0.333. The Balaban J connectivity index is 2.73. The van der Waals surface area contributed by atoms with Crippen LogP contribution in [-0.2, 0) is 13.8 Å². The van der Waals surface area contributed by atoms with Gasteiger partial charge in [-0.2, -0.15) is 0 Å². The second kappa shape index (κ2) is 6.83. The number of phosphoric acid groups is 1. The second-order valence-corrected chi connectivity index (χ2v) is 4.58. The van der Waals surface area contributed by atoms with E-state index in [1.54, 1.807) is 0 Å². The fourth-order valence-electron chi connectivity index (χ4n) is 0.958. The topological polar surface area (TPSA) is 44.8 Å². The summed E-state index contributed by atoms with van der Waals surface area (Å²) in [6.07, 6.45) is -10.5. The number of hydrogen-bond donors (Lipinski definition) is 0. The minimum Gasteiger partial charge on any atom is -0.402 e. The first kappa shape index (κ1) is 15.9. The zero-order chi connectivity index (χ0) is 14.5. The van der Waals surface area contributed by atoms with Crippen molar-refractivity contribution in [2.45, 2.75) is 19.0 Å². The summed E-state index contributed by atoms with van der Waals surface area (Å²) < 4.78 is 83.3. The van der Waals surface area contributed by atoms with Gasteiger partial charge in [0, 0.05) is 0 Å². The van der Waals surface area contributed by atoms with Crippen LogP contribution in [0.5, 0.6) is 5.75 Å². The van der Waals surface area contributed by atoms with Crippen molar-refractivity contribution in [3.05, 3.63) is 30.3 Å². The highest BCUT2D eigenvalue weighted by Crippen LogP contribution is 2.51. The first-order valence-corrected chi connectivity index (χ1v) is 6.24. The Morgan fingerprint density at radius 1 is 1.05 bits per heavy atom. The summed E-state index contributed by atoms with van der Waals surface area (Å²) in [7, 11) is -5.19. The van der Waals surface area contributed by atoms with Gasteiger partial charge in [0.25, 0.3) is 6.43 Å². The van der Waals surface area contributed by atoms with E-state index < -0.39 is 26.8 Å². The van der Waals surface area contributed by atoms with E-state index in [9.17, 15) is 26.7 Å². The number of phosphoric ester groups is 1. The van der Waals surface area contributed by atoms with Gasteiger partial charge in [0.05, 0.1) is 0 Å². The Hall–Kier alpha value is -1.18. The zero-order valence-electron chi connectivity index (χ0n) is 9.09. The molecule has 0 aliphatic rings. The third-order valence-corrected chi connectivity index (χ3v) is 2.83. The molecule has 1 rings (SSSR count). The van der Waals surface area contributed by atoms with Crippen LogP contribution in [-0.4, -0.2) is 19.0 Å². The van der Waals surface area contributed by atoms with Crippen LogP contribution < -0.4 is 4.52 Å². The lowest BCUT2D eigenvalue weighted by molar-refractivity contribution is -0.112. The lowest BCUT2D eigenvalue weighted by Crippen LogP contribution is -2.27. The van der Waals surface area contributed by atoms with Crippen molar-refractivity contribution >= 4 is 7.82 Å². The molecular formula is C9H8F5O4P. The van der Waals surface area contributed by atoms with Crippen molar-refractivity contribution in [2.24, 2.45) is 0 Å². The van der Waals surface area contributed by atoms with E-state index in [0.717, 1.165) is 0 Å². The zero-order valence-corrected chi connectivity index (χ0v) is 9.98. The Labute approximate surface area is 104 Å². The molecule has 0 aromatic heterocycles. The molecule has 108 valence electrons. The van der Waals surface area contributed by atoms with Gasteiger partial charge in [0.15, 0.2) is 0 Å². The van der Waals surface area contributed by atoms with Crippen molar-refractivity contribution < 1.29 is 40.4 Å². The van der Waals surface area contributed by atoms with Crippen molar-refractivity contribution in [3.8, 4) is 5.75 Å². The van der Waals surface area contributed by atoms with E-state index >= 15 is 0 Å². The van der Waals surface area contributed by atoms with Gasteiger partial charge < -0.3 is 4.52 Å². The highest BCUT2D eigenvalue weighted by atomic mass is 31.2. The van der Waals surface area contributed by atoms with Gasteiger partial charge in [-0.25, -0.2) is 26.7 Å². The Bertz CT molecular complexity index is 432. The van der Waals surface area contributed by atoms with Gasteiger partial charge >= 0.3 is 7.82 Å². The number of hydrogen-bond acceptors (Lipinski definition) is 4. The number of benzene rings is 1. The van der Waals surface area contributed by atoms with Crippen molar-refractivity contribution in [2.75, 3.05) is 0 Å². The molecule has 19 heavy (non-hydrogen) atoms. The van der Waals surface area contributed by atoms with Crippen LogP contribution >= 0.6 is 7.82 Å². The van der Waals surface area contributed by atoms with Gasteiger partial charge in [0.2, 0.25) is 12.5 Å². The molecule has 0 N–H and O–H groups in total. The van der Waals surface area contributed by atoms with Crippen LogP contribution in [0.3, 0.4) is 0 Å². The second-order valence-electron chi connectivity index (χ2n) is 3.16. The third-order valence-electron chi connectivity index (χ3n) is 1.77. The molecule has 0 heterocycles. The standard InChI is InChI=1S/C9H8F5O4P/c10-7(8(11)12)9(13)17-19(15,18-14)16-6-4-2-1-3-5-6/h1-5,7-9H. The molecule has 0 saturated heterocycles. The predicted molar refractivity (Wildman–Crippen MR) is 53.8 cm³/mol. The maximum Gasteiger partial charge on any atom is 0.564 e. The number of halogens is 5. The number of para-hydroxylation sites is 1. The average Bonchev–Trinajstić information content (AvgIpc) is 2.38. The third kappa shape index (κ3) is 4.77. The summed E-state index contributed by atoms with van der Waals surface area (Å²) in [5.74, 6) is -0.247. The van der Waals surface area contributed by atoms with E-state index in [1.807, 2.05) is 0 Å². The average molecular weight is 306 g/mol. The normalized spacial score (nSPS) is 17.8. The molecule has 0 bridgehead atoms. The molecule has 0 aliphatic heterocycles. The van der Waals surface area contributed by atoms with Crippen LogP contribution in [0.15, 0.2) is 30.3 Å². The highest BCUT2D eigenvalue weighted by Gasteiger charge is 2.41.